The van der Waals surface area contributed by atoms with Gasteiger partial charge in [-0.15, -0.1) is 0 Å². The lowest BCUT2D eigenvalue weighted by Gasteiger charge is -2.12. The number of non-ortho nitro benzene ring substituents is 1. The summed E-state index contributed by atoms with van der Waals surface area (Å²) in [5.41, 5.74) is 5.84. The molecule has 10 heteroatoms. The van der Waals surface area contributed by atoms with Gasteiger partial charge in [-0.25, -0.2) is 14.2 Å². The van der Waals surface area contributed by atoms with Crippen LogP contribution >= 0.6 is 0 Å². The molecule has 0 bridgehead atoms. The summed E-state index contributed by atoms with van der Waals surface area (Å²) in [5, 5.41) is 24.0. The van der Waals surface area contributed by atoms with E-state index in [1.807, 2.05) is 49.6 Å². The van der Waals surface area contributed by atoms with E-state index in [4.69, 9.17) is 4.98 Å². The van der Waals surface area contributed by atoms with Crippen LogP contribution in [-0.2, 0) is 11.2 Å². The second-order valence-electron chi connectivity index (χ2n) is 8.42. The van der Waals surface area contributed by atoms with Gasteiger partial charge in [-0.1, -0.05) is 12.1 Å². The van der Waals surface area contributed by atoms with Gasteiger partial charge >= 0.3 is 0 Å². The van der Waals surface area contributed by atoms with Crippen LogP contribution in [0.4, 0.5) is 11.5 Å². The Kier molecular flexibility index (Phi) is 5.48. The Hall–Kier alpha value is -4.60. The van der Waals surface area contributed by atoms with E-state index in [-0.39, 0.29) is 18.0 Å². The zero-order chi connectivity index (χ0) is 24.7. The van der Waals surface area contributed by atoms with Crippen molar-refractivity contribution in [3.63, 3.8) is 0 Å². The molecule has 0 fully saturated rings. The number of amides is 1. The lowest BCUT2D eigenvalue weighted by atomic mass is 10.1. The topological polar surface area (TPSA) is 120 Å². The summed E-state index contributed by atoms with van der Waals surface area (Å²) in [4.78, 5) is 28.1. The summed E-state index contributed by atoms with van der Waals surface area (Å²) >= 11 is 0. The highest BCUT2D eigenvalue weighted by molar-refractivity contribution is 5.92. The SMILES string of the molecule is Cc1cc(NC(=O)CCc2c(C)nc3c4ccccc4nn3c2C)n(-c2ccc([N+](=O)[O-])cc2)n1. The average molecular weight is 470 g/mol. The molecule has 1 amide bonds. The molecule has 10 nitrogen and oxygen atoms in total. The number of carbonyl (C=O) groups is 1. The summed E-state index contributed by atoms with van der Waals surface area (Å²) in [6.07, 6.45) is 0.757. The smallest absolute Gasteiger partial charge is 0.269 e. The Morgan fingerprint density at radius 2 is 1.80 bits per heavy atom. The second-order valence-corrected chi connectivity index (χ2v) is 8.42. The first-order valence-corrected chi connectivity index (χ1v) is 11.2. The number of hydrogen-bond acceptors (Lipinski definition) is 6. The largest absolute Gasteiger partial charge is 0.311 e. The molecular formula is C25H23N7O3. The van der Waals surface area contributed by atoms with Gasteiger partial charge < -0.3 is 5.32 Å². The third kappa shape index (κ3) is 4.10. The number of aromatic nitrogens is 5. The molecule has 176 valence electrons. The van der Waals surface area contributed by atoms with E-state index >= 15 is 0 Å². The molecule has 0 saturated heterocycles. The van der Waals surface area contributed by atoms with Crippen LogP contribution < -0.4 is 5.32 Å². The molecule has 0 saturated carbocycles. The van der Waals surface area contributed by atoms with Gasteiger partial charge in [0.2, 0.25) is 5.91 Å². The van der Waals surface area contributed by atoms with Crippen molar-refractivity contribution in [2.75, 3.05) is 5.32 Å². The second kappa shape index (κ2) is 8.64. The first-order valence-electron chi connectivity index (χ1n) is 11.2. The van der Waals surface area contributed by atoms with E-state index in [1.165, 1.54) is 12.1 Å². The normalized spacial score (nSPS) is 11.3. The van der Waals surface area contributed by atoms with Gasteiger partial charge in [0.15, 0.2) is 5.65 Å². The van der Waals surface area contributed by atoms with E-state index in [1.54, 1.807) is 22.9 Å². The van der Waals surface area contributed by atoms with E-state index in [0.29, 0.717) is 23.6 Å². The molecule has 0 atom stereocenters. The Labute approximate surface area is 200 Å². The van der Waals surface area contributed by atoms with Gasteiger partial charge in [-0.05, 0) is 57.0 Å². The predicted octanol–water partition coefficient (Wildman–Crippen LogP) is 4.47. The summed E-state index contributed by atoms with van der Waals surface area (Å²) in [5.74, 6) is 0.333. The van der Waals surface area contributed by atoms with E-state index < -0.39 is 4.92 Å². The molecule has 2 aromatic carbocycles. The van der Waals surface area contributed by atoms with Crippen LogP contribution in [0.3, 0.4) is 0 Å². The third-order valence-electron chi connectivity index (χ3n) is 6.02. The minimum absolute atomic E-state index is 0.00962. The number of carbonyl (C=O) groups excluding carboxylic acids is 1. The minimum Gasteiger partial charge on any atom is -0.311 e. The molecule has 35 heavy (non-hydrogen) atoms. The molecule has 1 N–H and O–H groups in total. The number of nitrogens with zero attached hydrogens (tertiary/aromatic N) is 6. The lowest BCUT2D eigenvalue weighted by molar-refractivity contribution is -0.384. The van der Waals surface area contributed by atoms with Crippen LogP contribution in [0.15, 0.2) is 54.6 Å². The van der Waals surface area contributed by atoms with Crippen molar-refractivity contribution in [1.82, 2.24) is 24.4 Å². The Balaban J connectivity index is 1.35. The number of aryl methyl sites for hydroxylation is 3. The van der Waals surface area contributed by atoms with Crippen LogP contribution in [-0.4, -0.2) is 35.2 Å². The lowest BCUT2D eigenvalue weighted by Crippen LogP contribution is -2.16. The molecule has 0 aliphatic rings. The van der Waals surface area contributed by atoms with Crippen molar-refractivity contribution in [1.29, 1.82) is 0 Å². The molecule has 5 rings (SSSR count). The Morgan fingerprint density at radius 1 is 1.06 bits per heavy atom. The fourth-order valence-corrected chi connectivity index (χ4v) is 4.28. The van der Waals surface area contributed by atoms with Crippen molar-refractivity contribution < 1.29 is 9.72 Å². The van der Waals surface area contributed by atoms with Gasteiger partial charge in [0.05, 0.1) is 21.8 Å². The van der Waals surface area contributed by atoms with Crippen molar-refractivity contribution in [3.8, 4) is 5.69 Å². The van der Waals surface area contributed by atoms with E-state index in [9.17, 15) is 14.9 Å². The fraction of sp³-hybridized carbons (Fsp3) is 0.200. The number of benzene rings is 2. The monoisotopic (exact) mass is 469 g/mol. The number of nitro benzene ring substituents is 1. The van der Waals surface area contributed by atoms with E-state index in [2.05, 4.69) is 15.5 Å². The molecule has 5 aromatic rings. The van der Waals surface area contributed by atoms with Gasteiger partial charge in [0, 0.05) is 41.4 Å². The molecule has 0 unspecified atom stereocenters. The zero-order valence-electron chi connectivity index (χ0n) is 19.5. The third-order valence-corrected chi connectivity index (χ3v) is 6.02. The quantitative estimate of drug-likeness (QED) is 0.289. The van der Waals surface area contributed by atoms with Crippen molar-refractivity contribution >= 4 is 34.0 Å². The maximum atomic E-state index is 12.9. The summed E-state index contributed by atoms with van der Waals surface area (Å²) in [7, 11) is 0. The average Bonchev–Trinajstić information content (AvgIpc) is 3.39. The number of nitrogens with one attached hydrogen (secondary N) is 1. The maximum absolute atomic E-state index is 12.9. The van der Waals surface area contributed by atoms with Gasteiger partial charge in [-0.2, -0.15) is 10.2 Å². The highest BCUT2D eigenvalue weighted by Crippen LogP contribution is 2.24. The molecule has 3 aromatic heterocycles. The van der Waals surface area contributed by atoms with Crippen molar-refractivity contribution in [2.45, 2.75) is 33.6 Å². The highest BCUT2D eigenvalue weighted by Gasteiger charge is 2.17. The summed E-state index contributed by atoms with van der Waals surface area (Å²) in [6, 6.07) is 15.7. The van der Waals surface area contributed by atoms with Gasteiger partial charge in [0.25, 0.3) is 5.69 Å². The number of hydrogen-bond donors (Lipinski definition) is 1. The fourth-order valence-electron chi connectivity index (χ4n) is 4.28. The number of nitro groups is 1. The highest BCUT2D eigenvalue weighted by atomic mass is 16.6. The van der Waals surface area contributed by atoms with Gasteiger partial charge in [-0.3, -0.25) is 14.9 Å². The molecule has 0 radical (unpaired) electrons. The first kappa shape index (κ1) is 22.2. The minimum atomic E-state index is -0.455. The van der Waals surface area contributed by atoms with Crippen LogP contribution in [0.25, 0.3) is 22.2 Å². The van der Waals surface area contributed by atoms with Crippen LogP contribution in [0.2, 0.25) is 0 Å². The number of anilines is 1. The Morgan fingerprint density at radius 3 is 2.54 bits per heavy atom. The molecule has 3 heterocycles. The zero-order valence-corrected chi connectivity index (χ0v) is 19.5. The molecule has 0 aliphatic heterocycles. The van der Waals surface area contributed by atoms with Crippen LogP contribution in [0.5, 0.6) is 0 Å². The standard InChI is InChI=1S/C25H23N7O3/c1-15-14-23(31(28-15)18-8-10-19(11-9-18)32(34)35)27-24(33)13-12-20-16(2)26-25-21-6-4-5-7-22(21)29-30(25)17(20)3/h4-11,14H,12-13H2,1-3H3,(H,27,33). The molecular weight excluding hydrogens is 446 g/mol. The Bertz CT molecular complexity index is 1600. The molecule has 0 spiro atoms. The maximum Gasteiger partial charge on any atom is 0.269 e. The number of fused-ring (bicyclic) bond motifs is 3. The van der Waals surface area contributed by atoms with Crippen LogP contribution in [0.1, 0.15) is 29.1 Å². The van der Waals surface area contributed by atoms with Crippen LogP contribution in [0, 0.1) is 30.9 Å². The predicted molar refractivity (Wildman–Crippen MR) is 132 cm³/mol. The first-order chi connectivity index (χ1) is 16.8. The summed E-state index contributed by atoms with van der Waals surface area (Å²) < 4.78 is 3.41. The molecule has 0 aliphatic carbocycles. The van der Waals surface area contributed by atoms with Gasteiger partial charge in [0.1, 0.15) is 5.82 Å². The van der Waals surface area contributed by atoms with Crippen molar-refractivity contribution in [3.05, 3.63) is 87.4 Å². The van der Waals surface area contributed by atoms with Crippen molar-refractivity contribution in [2.24, 2.45) is 0 Å². The number of rotatable bonds is 6. The summed E-state index contributed by atoms with van der Waals surface area (Å²) in [6.45, 7) is 5.77. The van der Waals surface area contributed by atoms with E-state index in [0.717, 1.165) is 33.5 Å².